The number of amides is 2. The van der Waals surface area contributed by atoms with Crippen LogP contribution in [0.25, 0.3) is 0 Å². The number of carbonyl (C=O) groups is 2. The highest BCUT2D eigenvalue weighted by atomic mass is 32.1. The third kappa shape index (κ3) is 6.17. The first-order valence-electron chi connectivity index (χ1n) is 9.40. The Kier molecular flexibility index (Phi) is 7.84. The van der Waals surface area contributed by atoms with E-state index in [1.165, 1.54) is 11.3 Å². The standard InChI is InChI=1S/C22H24N2O3S2/c1-27-20-8-3-2-6-17(20)14-24(15-19-7-5-12-29-19)21(25)9-4-11-23-22(26)18-10-13-28-16-18/h2-3,5-8,10,12-13,16H,4,9,11,14-15H2,1H3,(H,23,26). The highest BCUT2D eigenvalue weighted by Gasteiger charge is 2.17. The zero-order valence-electron chi connectivity index (χ0n) is 16.3. The molecule has 0 bridgehead atoms. The van der Waals surface area contributed by atoms with Crippen LogP contribution in [-0.2, 0) is 17.9 Å². The quantitative estimate of drug-likeness (QED) is 0.482. The molecule has 29 heavy (non-hydrogen) atoms. The number of ether oxygens (including phenoxy) is 1. The van der Waals surface area contributed by atoms with E-state index in [2.05, 4.69) is 5.32 Å². The van der Waals surface area contributed by atoms with E-state index in [0.29, 0.717) is 38.0 Å². The summed E-state index contributed by atoms with van der Waals surface area (Å²) in [6.45, 7) is 1.53. The molecule has 3 aromatic rings. The van der Waals surface area contributed by atoms with Crippen LogP contribution >= 0.6 is 22.7 Å². The number of rotatable bonds is 10. The van der Waals surface area contributed by atoms with Gasteiger partial charge < -0.3 is 15.0 Å². The molecule has 2 amide bonds. The molecule has 0 atom stereocenters. The van der Waals surface area contributed by atoms with Gasteiger partial charge in [0, 0.05) is 40.9 Å². The lowest BCUT2D eigenvalue weighted by molar-refractivity contribution is -0.132. The van der Waals surface area contributed by atoms with Crippen LogP contribution < -0.4 is 10.1 Å². The van der Waals surface area contributed by atoms with Crippen molar-refractivity contribution < 1.29 is 14.3 Å². The Morgan fingerprint density at radius 2 is 1.93 bits per heavy atom. The van der Waals surface area contributed by atoms with E-state index < -0.39 is 0 Å². The average Bonchev–Trinajstić information content (AvgIpc) is 3.45. The molecular formula is C22H24N2O3S2. The number of carbonyl (C=O) groups excluding carboxylic acids is 2. The number of nitrogens with one attached hydrogen (secondary N) is 1. The summed E-state index contributed by atoms with van der Waals surface area (Å²) in [5.41, 5.74) is 1.64. The second-order valence-electron chi connectivity index (χ2n) is 6.51. The minimum absolute atomic E-state index is 0.0640. The fourth-order valence-corrected chi connectivity index (χ4v) is 4.31. The lowest BCUT2D eigenvalue weighted by atomic mass is 10.1. The van der Waals surface area contributed by atoms with Gasteiger partial charge in [-0.3, -0.25) is 9.59 Å². The van der Waals surface area contributed by atoms with Gasteiger partial charge in [-0.1, -0.05) is 24.3 Å². The third-order valence-corrected chi connectivity index (χ3v) is 6.01. The molecule has 0 aliphatic carbocycles. The highest BCUT2D eigenvalue weighted by molar-refractivity contribution is 7.09. The molecule has 0 aliphatic rings. The van der Waals surface area contributed by atoms with Gasteiger partial charge in [0.2, 0.25) is 5.91 Å². The second-order valence-corrected chi connectivity index (χ2v) is 8.32. The molecule has 7 heteroatoms. The van der Waals surface area contributed by atoms with Crippen molar-refractivity contribution in [2.24, 2.45) is 0 Å². The molecule has 0 radical (unpaired) electrons. The van der Waals surface area contributed by atoms with E-state index in [-0.39, 0.29) is 11.8 Å². The normalized spacial score (nSPS) is 10.5. The van der Waals surface area contributed by atoms with Gasteiger partial charge in [-0.15, -0.1) is 11.3 Å². The van der Waals surface area contributed by atoms with Crippen molar-refractivity contribution in [1.29, 1.82) is 0 Å². The smallest absolute Gasteiger partial charge is 0.252 e. The van der Waals surface area contributed by atoms with E-state index in [1.54, 1.807) is 24.5 Å². The van der Waals surface area contributed by atoms with Gasteiger partial charge in [0.15, 0.2) is 0 Å². The van der Waals surface area contributed by atoms with E-state index >= 15 is 0 Å². The maximum absolute atomic E-state index is 12.9. The van der Waals surface area contributed by atoms with Crippen LogP contribution in [-0.4, -0.2) is 30.4 Å². The number of nitrogens with zero attached hydrogens (tertiary/aromatic N) is 1. The predicted octanol–water partition coefficient (Wildman–Crippen LogP) is 4.56. The van der Waals surface area contributed by atoms with E-state index in [0.717, 1.165) is 16.2 Å². The van der Waals surface area contributed by atoms with Crippen LogP contribution in [0.15, 0.2) is 58.6 Å². The minimum Gasteiger partial charge on any atom is -0.496 e. The Morgan fingerprint density at radius 1 is 1.07 bits per heavy atom. The number of hydrogen-bond donors (Lipinski definition) is 1. The molecule has 2 aromatic heterocycles. The summed E-state index contributed by atoms with van der Waals surface area (Å²) in [5, 5.41) is 8.58. The summed E-state index contributed by atoms with van der Waals surface area (Å²) >= 11 is 3.13. The fraction of sp³-hybridized carbons (Fsp3) is 0.273. The van der Waals surface area contributed by atoms with Crippen molar-refractivity contribution in [1.82, 2.24) is 10.2 Å². The minimum atomic E-state index is -0.0943. The largest absolute Gasteiger partial charge is 0.496 e. The van der Waals surface area contributed by atoms with Gasteiger partial charge in [-0.25, -0.2) is 0 Å². The van der Waals surface area contributed by atoms with Gasteiger partial charge >= 0.3 is 0 Å². The maximum Gasteiger partial charge on any atom is 0.252 e. The van der Waals surface area contributed by atoms with Crippen molar-refractivity contribution in [2.45, 2.75) is 25.9 Å². The molecule has 152 valence electrons. The zero-order chi connectivity index (χ0) is 20.5. The van der Waals surface area contributed by atoms with E-state index in [9.17, 15) is 9.59 Å². The molecule has 0 unspecified atom stereocenters. The first-order chi connectivity index (χ1) is 14.2. The highest BCUT2D eigenvalue weighted by Crippen LogP contribution is 2.22. The Balaban J connectivity index is 1.57. The predicted molar refractivity (Wildman–Crippen MR) is 117 cm³/mol. The number of thiophene rings is 2. The Bertz CT molecular complexity index is 908. The molecular weight excluding hydrogens is 404 g/mol. The monoisotopic (exact) mass is 428 g/mol. The summed E-state index contributed by atoms with van der Waals surface area (Å²) in [5.74, 6) is 0.747. The SMILES string of the molecule is COc1ccccc1CN(Cc1cccs1)C(=O)CCCNC(=O)c1ccsc1. The van der Waals surface area contributed by atoms with Crippen molar-refractivity contribution in [3.8, 4) is 5.75 Å². The van der Waals surface area contributed by atoms with Crippen LogP contribution in [0, 0.1) is 0 Å². The zero-order valence-corrected chi connectivity index (χ0v) is 17.9. The third-order valence-electron chi connectivity index (χ3n) is 4.47. The molecule has 0 spiro atoms. The summed E-state index contributed by atoms with van der Waals surface area (Å²) < 4.78 is 5.44. The Morgan fingerprint density at radius 3 is 2.66 bits per heavy atom. The lowest BCUT2D eigenvalue weighted by Crippen LogP contribution is -2.31. The molecule has 2 heterocycles. The van der Waals surface area contributed by atoms with Gasteiger partial charge in [0.05, 0.1) is 13.7 Å². The first-order valence-corrected chi connectivity index (χ1v) is 11.2. The van der Waals surface area contributed by atoms with Crippen molar-refractivity contribution >= 4 is 34.5 Å². The average molecular weight is 429 g/mol. The van der Waals surface area contributed by atoms with Gasteiger partial charge in [-0.05, 0) is 35.4 Å². The van der Waals surface area contributed by atoms with Gasteiger partial charge in [-0.2, -0.15) is 11.3 Å². The molecule has 0 fully saturated rings. The Hall–Kier alpha value is -2.64. The molecule has 0 saturated heterocycles. The second kappa shape index (κ2) is 10.8. The van der Waals surface area contributed by atoms with Crippen LogP contribution in [0.4, 0.5) is 0 Å². The van der Waals surface area contributed by atoms with Crippen molar-refractivity contribution in [3.63, 3.8) is 0 Å². The number of para-hydroxylation sites is 1. The van der Waals surface area contributed by atoms with Gasteiger partial charge in [0.25, 0.3) is 5.91 Å². The van der Waals surface area contributed by atoms with Crippen molar-refractivity contribution in [3.05, 3.63) is 74.6 Å². The van der Waals surface area contributed by atoms with Gasteiger partial charge in [0.1, 0.15) is 5.75 Å². The summed E-state index contributed by atoms with van der Waals surface area (Å²) in [6, 6.07) is 13.6. The number of benzene rings is 1. The molecule has 0 saturated carbocycles. The van der Waals surface area contributed by atoms with Crippen LogP contribution in [0.1, 0.15) is 33.6 Å². The molecule has 5 nitrogen and oxygen atoms in total. The lowest BCUT2D eigenvalue weighted by Gasteiger charge is -2.23. The summed E-state index contributed by atoms with van der Waals surface area (Å²) in [7, 11) is 1.64. The van der Waals surface area contributed by atoms with E-state index in [4.69, 9.17) is 4.74 Å². The fourth-order valence-electron chi connectivity index (χ4n) is 2.96. The molecule has 1 aromatic carbocycles. The van der Waals surface area contributed by atoms with Crippen LogP contribution in [0.2, 0.25) is 0 Å². The van der Waals surface area contributed by atoms with E-state index in [1.807, 2.05) is 57.4 Å². The molecule has 3 rings (SSSR count). The Labute approximate surface area is 178 Å². The maximum atomic E-state index is 12.9. The molecule has 1 N–H and O–H groups in total. The number of methoxy groups -OCH3 is 1. The van der Waals surface area contributed by atoms with Crippen molar-refractivity contribution in [2.75, 3.05) is 13.7 Å². The summed E-state index contributed by atoms with van der Waals surface area (Å²) in [4.78, 5) is 27.9. The van der Waals surface area contributed by atoms with Crippen LogP contribution in [0.5, 0.6) is 5.75 Å². The summed E-state index contributed by atoms with van der Waals surface area (Å²) in [6.07, 6.45) is 0.978. The number of hydrogen-bond acceptors (Lipinski definition) is 5. The topological polar surface area (TPSA) is 58.6 Å². The molecule has 0 aliphatic heterocycles. The van der Waals surface area contributed by atoms with Crippen LogP contribution in [0.3, 0.4) is 0 Å². The first kappa shape index (κ1) is 21.1.